The maximum Gasteiger partial charge on any atom is 0.165 e. The van der Waals surface area contributed by atoms with Crippen molar-refractivity contribution < 1.29 is 4.74 Å². The van der Waals surface area contributed by atoms with Crippen LogP contribution in [-0.4, -0.2) is 69.3 Å². The molecule has 1 saturated heterocycles. The number of ether oxygens (including phenoxy) is 1. The zero-order valence-corrected chi connectivity index (χ0v) is 15.4. The summed E-state index contributed by atoms with van der Waals surface area (Å²) in [4.78, 5) is 4.83. The molecule has 0 amide bonds. The Bertz CT molecular complexity index is 656. The van der Waals surface area contributed by atoms with Gasteiger partial charge in [-0.3, -0.25) is 9.80 Å². The summed E-state index contributed by atoms with van der Waals surface area (Å²) in [7, 11) is 0. The predicted molar refractivity (Wildman–Crippen MR) is 96.8 cm³/mol. The van der Waals surface area contributed by atoms with E-state index in [1.807, 2.05) is 28.9 Å². The second-order valence-corrected chi connectivity index (χ2v) is 6.62. The number of aromatic nitrogens is 4. The highest BCUT2D eigenvalue weighted by Crippen LogP contribution is 2.22. The Labute approximate surface area is 153 Å². The molecule has 0 atom stereocenters. The fraction of sp³-hybridized carbons (Fsp3) is 0.588. The van der Waals surface area contributed by atoms with E-state index in [9.17, 15) is 0 Å². The van der Waals surface area contributed by atoms with Gasteiger partial charge in [0.1, 0.15) is 12.4 Å². The lowest BCUT2D eigenvalue weighted by Crippen LogP contribution is -2.47. The molecule has 1 aromatic carbocycles. The van der Waals surface area contributed by atoms with Crippen molar-refractivity contribution >= 4 is 11.6 Å². The Morgan fingerprint density at radius 1 is 1.08 bits per heavy atom. The molecule has 2 aromatic rings. The molecule has 8 heteroatoms. The number of aryl methyl sites for hydroxylation is 1. The fourth-order valence-electron chi connectivity index (χ4n) is 2.94. The van der Waals surface area contributed by atoms with E-state index < -0.39 is 0 Å². The lowest BCUT2D eigenvalue weighted by molar-refractivity contribution is 0.109. The highest BCUT2D eigenvalue weighted by atomic mass is 35.5. The third-order valence-electron chi connectivity index (χ3n) is 4.37. The lowest BCUT2D eigenvalue weighted by atomic mass is 10.3. The standard InChI is InChI=1S/C17H25ClN6O/c1-2-7-24-17(19-20-21-24)14-23-10-8-22(9-11-23)12-13-25-16-6-4-3-5-15(16)18/h3-6H,2,7-14H2,1H3. The third kappa shape index (κ3) is 5.14. The van der Waals surface area contributed by atoms with Crippen molar-refractivity contribution in [1.29, 1.82) is 0 Å². The van der Waals surface area contributed by atoms with Gasteiger partial charge in [-0.25, -0.2) is 4.68 Å². The van der Waals surface area contributed by atoms with Crippen molar-refractivity contribution in [2.75, 3.05) is 39.3 Å². The van der Waals surface area contributed by atoms with Gasteiger partial charge < -0.3 is 4.74 Å². The number of benzene rings is 1. The van der Waals surface area contributed by atoms with Crippen molar-refractivity contribution in [3.05, 3.63) is 35.1 Å². The average Bonchev–Trinajstić information content (AvgIpc) is 3.05. The quantitative estimate of drug-likeness (QED) is 0.713. The van der Waals surface area contributed by atoms with E-state index in [2.05, 4.69) is 32.2 Å². The fourth-order valence-corrected chi connectivity index (χ4v) is 3.13. The number of halogens is 1. The zero-order chi connectivity index (χ0) is 17.5. The molecule has 1 fully saturated rings. The van der Waals surface area contributed by atoms with Crippen LogP contribution in [0.1, 0.15) is 19.2 Å². The molecule has 1 aliphatic rings. The summed E-state index contributed by atoms with van der Waals surface area (Å²) in [5.74, 6) is 1.71. The molecule has 0 bridgehead atoms. The molecule has 0 unspecified atom stereocenters. The molecular weight excluding hydrogens is 340 g/mol. The van der Waals surface area contributed by atoms with Gasteiger partial charge in [0.2, 0.25) is 0 Å². The van der Waals surface area contributed by atoms with Crippen molar-refractivity contribution in [3.63, 3.8) is 0 Å². The van der Waals surface area contributed by atoms with E-state index in [0.717, 1.165) is 63.8 Å². The van der Waals surface area contributed by atoms with Crippen LogP contribution in [0, 0.1) is 0 Å². The van der Waals surface area contributed by atoms with Crippen LogP contribution in [0.3, 0.4) is 0 Å². The smallest absolute Gasteiger partial charge is 0.165 e. The first-order valence-electron chi connectivity index (χ1n) is 8.83. The number of piperazine rings is 1. The lowest BCUT2D eigenvalue weighted by Gasteiger charge is -2.34. The van der Waals surface area contributed by atoms with E-state index in [0.29, 0.717) is 11.6 Å². The van der Waals surface area contributed by atoms with Crippen LogP contribution in [0.2, 0.25) is 5.02 Å². The van der Waals surface area contributed by atoms with Crippen LogP contribution in [0.25, 0.3) is 0 Å². The zero-order valence-electron chi connectivity index (χ0n) is 14.6. The Balaban J connectivity index is 1.38. The predicted octanol–water partition coefficient (Wildman–Crippen LogP) is 1.93. The Morgan fingerprint density at radius 2 is 1.84 bits per heavy atom. The molecule has 0 saturated carbocycles. The molecule has 1 aromatic heterocycles. The van der Waals surface area contributed by atoms with Gasteiger partial charge in [-0.2, -0.15) is 0 Å². The summed E-state index contributed by atoms with van der Waals surface area (Å²) in [5, 5.41) is 12.7. The summed E-state index contributed by atoms with van der Waals surface area (Å²) in [6.45, 7) is 9.48. The minimum Gasteiger partial charge on any atom is -0.491 e. The van der Waals surface area contributed by atoms with Crippen LogP contribution in [-0.2, 0) is 13.1 Å². The summed E-state index contributed by atoms with van der Waals surface area (Å²) < 4.78 is 7.68. The first-order valence-corrected chi connectivity index (χ1v) is 9.21. The van der Waals surface area contributed by atoms with E-state index in [4.69, 9.17) is 16.3 Å². The number of rotatable bonds is 8. The number of hydrogen-bond donors (Lipinski definition) is 0. The van der Waals surface area contributed by atoms with Gasteiger partial charge in [-0.15, -0.1) is 5.10 Å². The topological polar surface area (TPSA) is 59.3 Å². The van der Waals surface area contributed by atoms with Gasteiger partial charge in [0.25, 0.3) is 0 Å². The van der Waals surface area contributed by atoms with Gasteiger partial charge in [-0.05, 0) is 29.0 Å². The van der Waals surface area contributed by atoms with E-state index in [1.54, 1.807) is 0 Å². The molecule has 0 aliphatic carbocycles. The van der Waals surface area contributed by atoms with Crippen molar-refractivity contribution in [2.24, 2.45) is 0 Å². The number of tetrazole rings is 1. The summed E-state index contributed by atoms with van der Waals surface area (Å²) in [5.41, 5.74) is 0. The minimum atomic E-state index is 0.651. The molecule has 3 rings (SSSR count). The van der Waals surface area contributed by atoms with E-state index >= 15 is 0 Å². The molecular formula is C17H25ClN6O. The highest BCUT2D eigenvalue weighted by molar-refractivity contribution is 6.32. The molecule has 0 spiro atoms. The molecule has 0 N–H and O–H groups in total. The monoisotopic (exact) mass is 364 g/mol. The number of nitrogens with zero attached hydrogens (tertiary/aromatic N) is 6. The van der Waals surface area contributed by atoms with Crippen LogP contribution >= 0.6 is 11.6 Å². The Morgan fingerprint density at radius 3 is 2.60 bits per heavy atom. The van der Waals surface area contributed by atoms with Gasteiger partial charge in [-0.1, -0.05) is 30.7 Å². The summed E-state index contributed by atoms with van der Waals surface area (Å²) in [6.07, 6.45) is 1.04. The average molecular weight is 365 g/mol. The number of para-hydroxylation sites is 1. The second-order valence-electron chi connectivity index (χ2n) is 6.21. The largest absolute Gasteiger partial charge is 0.491 e. The Kier molecular flexibility index (Phi) is 6.61. The van der Waals surface area contributed by atoms with Gasteiger partial charge in [0.15, 0.2) is 5.82 Å². The highest BCUT2D eigenvalue weighted by Gasteiger charge is 2.19. The maximum atomic E-state index is 6.10. The van der Waals surface area contributed by atoms with E-state index in [1.165, 1.54) is 0 Å². The van der Waals surface area contributed by atoms with Crippen molar-refractivity contribution in [1.82, 2.24) is 30.0 Å². The normalized spacial score (nSPS) is 16.2. The van der Waals surface area contributed by atoms with Crippen molar-refractivity contribution in [3.8, 4) is 5.75 Å². The van der Waals surface area contributed by atoms with E-state index in [-0.39, 0.29) is 0 Å². The molecule has 136 valence electrons. The Hall–Kier alpha value is -1.70. The third-order valence-corrected chi connectivity index (χ3v) is 4.69. The van der Waals surface area contributed by atoms with Gasteiger partial charge in [0, 0.05) is 39.3 Å². The molecule has 0 radical (unpaired) electrons. The van der Waals surface area contributed by atoms with Gasteiger partial charge >= 0.3 is 0 Å². The summed E-state index contributed by atoms with van der Waals surface area (Å²) >= 11 is 6.10. The molecule has 25 heavy (non-hydrogen) atoms. The molecule has 1 aliphatic heterocycles. The van der Waals surface area contributed by atoms with Crippen LogP contribution < -0.4 is 4.74 Å². The maximum absolute atomic E-state index is 6.10. The molecule has 7 nitrogen and oxygen atoms in total. The van der Waals surface area contributed by atoms with Crippen LogP contribution in [0.4, 0.5) is 0 Å². The minimum absolute atomic E-state index is 0.651. The van der Waals surface area contributed by atoms with Crippen LogP contribution in [0.5, 0.6) is 5.75 Å². The second kappa shape index (κ2) is 9.12. The first kappa shape index (κ1) is 18.1. The van der Waals surface area contributed by atoms with Crippen LogP contribution in [0.15, 0.2) is 24.3 Å². The SMILES string of the molecule is CCCn1nnnc1CN1CCN(CCOc2ccccc2Cl)CC1. The van der Waals surface area contributed by atoms with Gasteiger partial charge in [0.05, 0.1) is 11.6 Å². The number of hydrogen-bond acceptors (Lipinski definition) is 6. The molecule has 2 heterocycles. The first-order chi connectivity index (χ1) is 12.3. The summed E-state index contributed by atoms with van der Waals surface area (Å²) in [6, 6.07) is 7.60. The van der Waals surface area contributed by atoms with Crippen molar-refractivity contribution in [2.45, 2.75) is 26.4 Å².